The monoisotopic (exact) mass is 738 g/mol. The second kappa shape index (κ2) is 19.7. The van der Waals surface area contributed by atoms with E-state index in [-0.39, 0.29) is 0 Å². The molecule has 0 heterocycles. The molecule has 0 saturated carbocycles. The van der Waals surface area contributed by atoms with Gasteiger partial charge in [0.25, 0.3) is 0 Å². The molecule has 57 heavy (non-hydrogen) atoms. The van der Waals surface area contributed by atoms with Crippen LogP contribution in [0.15, 0.2) is 212 Å². The molecule has 0 aliphatic heterocycles. The molecular weight excluding hydrogens is 689 g/mol. The summed E-state index contributed by atoms with van der Waals surface area (Å²) in [5.74, 6) is 0.452. The summed E-state index contributed by atoms with van der Waals surface area (Å²) in [6, 6.07) is 64.5. The molecule has 280 valence electrons. The van der Waals surface area contributed by atoms with Crippen molar-refractivity contribution in [2.75, 3.05) is 5.32 Å². The summed E-state index contributed by atoms with van der Waals surface area (Å²) in [5.41, 5.74) is 7.24. The van der Waals surface area contributed by atoms with Gasteiger partial charge in [-0.2, -0.15) is 0 Å². The number of hydrogen-bond acceptors (Lipinski definition) is 2. The molecule has 1 aliphatic rings. The van der Waals surface area contributed by atoms with Crippen LogP contribution in [-0.4, -0.2) is 12.3 Å². The maximum atomic E-state index is 6.82. The molecule has 2 atom stereocenters. The van der Waals surface area contributed by atoms with Gasteiger partial charge in [-0.1, -0.05) is 208 Å². The molecule has 2 heteroatoms. The Labute approximate surface area is 338 Å². The molecule has 0 bridgehead atoms. The van der Waals surface area contributed by atoms with Crippen LogP contribution in [0, 0.1) is 5.41 Å². The number of rotatable bonds is 9. The summed E-state index contributed by atoms with van der Waals surface area (Å²) in [6.07, 6.45) is 18.0. The van der Waals surface area contributed by atoms with Crippen molar-refractivity contribution in [3.8, 4) is 11.1 Å². The van der Waals surface area contributed by atoms with E-state index in [1.807, 2.05) is 30.3 Å². The average molecular weight is 739 g/mol. The summed E-state index contributed by atoms with van der Waals surface area (Å²) in [6.45, 7) is 2.26. The van der Waals surface area contributed by atoms with E-state index in [4.69, 9.17) is 5.41 Å². The van der Waals surface area contributed by atoms with Crippen LogP contribution in [0.4, 0.5) is 5.69 Å². The first kappa shape index (κ1) is 38.5. The van der Waals surface area contributed by atoms with Gasteiger partial charge in [-0.15, -0.1) is 0 Å². The predicted molar refractivity (Wildman–Crippen MR) is 249 cm³/mol. The Morgan fingerprint density at radius 3 is 1.77 bits per heavy atom. The number of fused-ring (bicyclic) bond motifs is 4. The third-order valence-corrected chi connectivity index (χ3v) is 10.4. The van der Waals surface area contributed by atoms with Crippen molar-refractivity contribution in [1.29, 1.82) is 5.41 Å². The van der Waals surface area contributed by atoms with Gasteiger partial charge in [0.1, 0.15) is 0 Å². The summed E-state index contributed by atoms with van der Waals surface area (Å²) in [4.78, 5) is 0. The first-order valence-electron chi connectivity index (χ1n) is 20.1. The lowest BCUT2D eigenvalue weighted by Crippen LogP contribution is -2.16. The SMILES string of the molecule is CCCC(/C=C/c1ccc2c(ccc3cc(-c4ccc(NC5C=CC=CC5)cc4)ccc32)c1)c1ccccc1.N=Cc1ccccc1.c1ccc2ccccc2c1. The van der Waals surface area contributed by atoms with Gasteiger partial charge in [-0.05, 0) is 97.2 Å². The largest absolute Gasteiger partial charge is 0.379 e. The second-order valence-corrected chi connectivity index (χ2v) is 14.4. The number of benzene rings is 8. The van der Waals surface area contributed by atoms with Gasteiger partial charge in [-0.3, -0.25) is 0 Å². The highest BCUT2D eigenvalue weighted by molar-refractivity contribution is 6.08. The summed E-state index contributed by atoms with van der Waals surface area (Å²) < 4.78 is 0. The molecule has 0 amide bonds. The van der Waals surface area contributed by atoms with Crippen LogP contribution in [0.25, 0.3) is 49.5 Å². The van der Waals surface area contributed by atoms with Crippen LogP contribution in [0.2, 0.25) is 0 Å². The Morgan fingerprint density at radius 2 is 1.18 bits per heavy atom. The Balaban J connectivity index is 0.000000224. The van der Waals surface area contributed by atoms with Crippen molar-refractivity contribution in [3.05, 3.63) is 229 Å². The van der Waals surface area contributed by atoms with Gasteiger partial charge in [-0.25, -0.2) is 0 Å². The highest BCUT2D eigenvalue weighted by Gasteiger charge is 2.09. The fourth-order valence-electron chi connectivity index (χ4n) is 7.33. The zero-order valence-corrected chi connectivity index (χ0v) is 32.6. The van der Waals surface area contributed by atoms with Crippen LogP contribution in [0.3, 0.4) is 0 Å². The van der Waals surface area contributed by atoms with Crippen molar-refractivity contribution in [1.82, 2.24) is 0 Å². The fourth-order valence-corrected chi connectivity index (χ4v) is 7.33. The summed E-state index contributed by atoms with van der Waals surface area (Å²) in [5, 5.41) is 18.2. The van der Waals surface area contributed by atoms with Crippen molar-refractivity contribution >= 4 is 50.3 Å². The number of anilines is 1. The Kier molecular flexibility index (Phi) is 13.3. The molecule has 2 N–H and O–H groups in total. The van der Waals surface area contributed by atoms with Crippen molar-refractivity contribution in [2.45, 2.75) is 38.1 Å². The number of allylic oxidation sites excluding steroid dienone is 3. The molecule has 0 spiro atoms. The van der Waals surface area contributed by atoms with E-state index in [0.29, 0.717) is 12.0 Å². The van der Waals surface area contributed by atoms with Gasteiger partial charge >= 0.3 is 0 Å². The molecular formula is C55H50N2. The molecule has 2 nitrogen and oxygen atoms in total. The van der Waals surface area contributed by atoms with Crippen LogP contribution in [0.5, 0.6) is 0 Å². The smallest absolute Gasteiger partial charge is 0.0482 e. The quantitative estimate of drug-likeness (QED) is 0.112. The predicted octanol–water partition coefficient (Wildman–Crippen LogP) is 15.1. The lowest BCUT2D eigenvalue weighted by molar-refractivity contribution is 0.719. The third kappa shape index (κ3) is 10.5. The number of hydrogen-bond donors (Lipinski definition) is 2. The molecule has 0 saturated heterocycles. The van der Waals surface area contributed by atoms with Crippen LogP contribution < -0.4 is 5.32 Å². The lowest BCUT2D eigenvalue weighted by atomic mass is 9.93. The van der Waals surface area contributed by atoms with Crippen molar-refractivity contribution < 1.29 is 0 Å². The standard InChI is InChI=1S/C38H35N.C10H8.C7H7N/c1-2-9-29(30-10-5-3-6-11-30)16-14-28-15-24-37-33(26-28)17-18-34-27-32(21-25-38(34)37)31-19-22-36(23-20-31)39-35-12-7-4-8-13-35;1-2-6-10-8-4-3-7-9(10)5-1;8-6-7-4-2-1-3-5-7/h3-8,10-12,14-27,29,35,39H,2,9,13H2,1H3;1-8H;1-6,8H/b16-14+;;. The van der Waals surface area contributed by atoms with Gasteiger partial charge in [0.05, 0.1) is 0 Å². The molecule has 8 aromatic rings. The maximum absolute atomic E-state index is 6.82. The van der Waals surface area contributed by atoms with E-state index in [0.717, 1.165) is 24.1 Å². The molecule has 2 unspecified atom stereocenters. The summed E-state index contributed by atoms with van der Waals surface area (Å²) in [7, 11) is 0. The fraction of sp³-hybridized carbons (Fsp3) is 0.109. The van der Waals surface area contributed by atoms with E-state index >= 15 is 0 Å². The van der Waals surface area contributed by atoms with Gasteiger partial charge < -0.3 is 10.7 Å². The van der Waals surface area contributed by atoms with Crippen molar-refractivity contribution in [3.63, 3.8) is 0 Å². The summed E-state index contributed by atoms with van der Waals surface area (Å²) >= 11 is 0. The molecule has 0 fully saturated rings. The van der Waals surface area contributed by atoms with Gasteiger partial charge in [0, 0.05) is 23.9 Å². The topological polar surface area (TPSA) is 35.9 Å². The first-order valence-corrected chi connectivity index (χ1v) is 20.1. The number of nitrogens with one attached hydrogen (secondary N) is 2. The molecule has 9 rings (SSSR count). The minimum absolute atomic E-state index is 0.368. The van der Waals surface area contributed by atoms with Crippen LogP contribution >= 0.6 is 0 Å². The van der Waals surface area contributed by atoms with Crippen LogP contribution in [0.1, 0.15) is 48.8 Å². The zero-order chi connectivity index (χ0) is 39.1. The third-order valence-electron chi connectivity index (χ3n) is 10.4. The highest BCUT2D eigenvalue weighted by Crippen LogP contribution is 2.32. The van der Waals surface area contributed by atoms with E-state index in [2.05, 4.69) is 200 Å². The Bertz CT molecular complexity index is 2530. The van der Waals surface area contributed by atoms with E-state index in [1.165, 1.54) is 67.2 Å². The van der Waals surface area contributed by atoms with Gasteiger partial charge in [0.2, 0.25) is 0 Å². The minimum atomic E-state index is 0.368. The highest BCUT2D eigenvalue weighted by atomic mass is 14.9. The Morgan fingerprint density at radius 1 is 0.579 bits per heavy atom. The van der Waals surface area contributed by atoms with E-state index < -0.39 is 0 Å². The van der Waals surface area contributed by atoms with Crippen molar-refractivity contribution in [2.24, 2.45) is 0 Å². The normalized spacial score (nSPS) is 13.7. The average Bonchev–Trinajstić information content (AvgIpc) is 3.29. The zero-order valence-electron chi connectivity index (χ0n) is 32.6. The molecule has 1 aliphatic carbocycles. The molecule has 0 radical (unpaired) electrons. The minimum Gasteiger partial charge on any atom is -0.379 e. The Hall–Kier alpha value is -6.77. The van der Waals surface area contributed by atoms with E-state index in [1.54, 1.807) is 0 Å². The van der Waals surface area contributed by atoms with Crippen LogP contribution in [-0.2, 0) is 0 Å². The second-order valence-electron chi connectivity index (χ2n) is 14.4. The van der Waals surface area contributed by atoms with E-state index in [9.17, 15) is 0 Å². The molecule has 0 aromatic heterocycles. The first-order chi connectivity index (χ1) is 28.2. The lowest BCUT2D eigenvalue weighted by Gasteiger charge is -2.17. The maximum Gasteiger partial charge on any atom is 0.0482 e. The molecule has 8 aromatic carbocycles. The van der Waals surface area contributed by atoms with Gasteiger partial charge in [0.15, 0.2) is 0 Å².